The molecule has 2 aliphatic carbocycles. The van der Waals surface area contributed by atoms with Crippen molar-refractivity contribution in [1.29, 1.82) is 0 Å². The van der Waals surface area contributed by atoms with Crippen LogP contribution < -0.4 is 0 Å². The Kier molecular flexibility index (Phi) is 6.81. The van der Waals surface area contributed by atoms with Gasteiger partial charge < -0.3 is 0 Å². The molecule has 0 N–H and O–H groups in total. The van der Waals surface area contributed by atoms with Crippen molar-refractivity contribution in [1.82, 2.24) is 0 Å². The van der Waals surface area contributed by atoms with Crippen LogP contribution in [0.25, 0.3) is 0 Å². The number of hydrogen-bond donors (Lipinski definition) is 0. The summed E-state index contributed by atoms with van der Waals surface area (Å²) in [7, 11) is 0. The first-order chi connectivity index (χ1) is 11.7. The lowest BCUT2D eigenvalue weighted by Crippen LogP contribution is -2.26. The highest BCUT2D eigenvalue weighted by molar-refractivity contribution is 5.22. The van der Waals surface area contributed by atoms with Gasteiger partial charge in [-0.2, -0.15) is 0 Å². The Bertz CT molecular complexity index is 473. The molecule has 1 aromatic carbocycles. The van der Waals surface area contributed by atoms with Gasteiger partial charge in [0.1, 0.15) is 0 Å². The van der Waals surface area contributed by atoms with Gasteiger partial charge in [0.25, 0.3) is 0 Å². The van der Waals surface area contributed by atoms with Gasteiger partial charge in [0.05, 0.1) is 0 Å². The number of benzene rings is 1. The predicted molar refractivity (Wildman–Crippen MR) is 105 cm³/mol. The maximum Gasteiger partial charge on any atom is -0.0276 e. The van der Waals surface area contributed by atoms with E-state index in [0.29, 0.717) is 0 Å². The van der Waals surface area contributed by atoms with E-state index in [0.717, 1.165) is 23.7 Å². The molecule has 1 aromatic rings. The third-order valence-electron chi connectivity index (χ3n) is 7.07. The van der Waals surface area contributed by atoms with E-state index in [1.165, 1.54) is 69.8 Å². The van der Waals surface area contributed by atoms with E-state index in [-0.39, 0.29) is 0 Å². The fourth-order valence-electron chi connectivity index (χ4n) is 5.54. The van der Waals surface area contributed by atoms with Gasteiger partial charge in [-0.15, -0.1) is 0 Å². The summed E-state index contributed by atoms with van der Waals surface area (Å²) in [4.78, 5) is 0. The van der Waals surface area contributed by atoms with E-state index in [9.17, 15) is 0 Å². The Morgan fingerprint density at radius 3 is 1.92 bits per heavy atom. The van der Waals surface area contributed by atoms with Crippen LogP contribution in [0.5, 0.6) is 0 Å². The van der Waals surface area contributed by atoms with E-state index in [2.05, 4.69) is 38.1 Å². The molecule has 0 atom stereocenters. The van der Waals surface area contributed by atoms with Crippen LogP contribution in [-0.4, -0.2) is 0 Å². The quantitative estimate of drug-likeness (QED) is 0.513. The summed E-state index contributed by atoms with van der Waals surface area (Å²) in [5, 5.41) is 0. The lowest BCUT2D eigenvalue weighted by atomic mass is 9.68. The molecule has 2 saturated carbocycles. The molecule has 0 heterocycles. The van der Waals surface area contributed by atoms with Crippen molar-refractivity contribution in [3.63, 3.8) is 0 Å². The highest BCUT2D eigenvalue weighted by Crippen LogP contribution is 2.42. The van der Waals surface area contributed by atoms with Crippen LogP contribution in [0.4, 0.5) is 0 Å². The summed E-state index contributed by atoms with van der Waals surface area (Å²) in [6, 6.07) is 9.12. The second-order valence-corrected chi connectivity index (χ2v) is 8.88. The maximum absolute atomic E-state index is 2.38. The minimum absolute atomic E-state index is 0.998. The van der Waals surface area contributed by atoms with Gasteiger partial charge in [-0.1, -0.05) is 75.3 Å². The molecular formula is C24H38. The van der Waals surface area contributed by atoms with Crippen LogP contribution in [0.15, 0.2) is 24.3 Å². The smallest absolute Gasteiger partial charge is 0.0276 e. The Labute approximate surface area is 150 Å². The van der Waals surface area contributed by atoms with Crippen LogP contribution in [-0.2, 0) is 6.42 Å². The Hall–Kier alpha value is -0.780. The lowest BCUT2D eigenvalue weighted by molar-refractivity contribution is 0.141. The van der Waals surface area contributed by atoms with Crippen molar-refractivity contribution >= 4 is 0 Å². The average Bonchev–Trinajstić information content (AvgIpc) is 2.62. The fraction of sp³-hybridized carbons (Fsp3) is 0.750. The maximum atomic E-state index is 2.38. The van der Waals surface area contributed by atoms with E-state index in [1.807, 2.05) is 0 Å². The number of hydrogen-bond acceptors (Lipinski definition) is 0. The van der Waals surface area contributed by atoms with E-state index >= 15 is 0 Å². The molecule has 0 nitrogen and oxygen atoms in total. The summed E-state index contributed by atoms with van der Waals surface area (Å²) in [5.41, 5.74) is 2.96. The minimum Gasteiger partial charge on any atom is -0.0654 e. The van der Waals surface area contributed by atoms with Crippen LogP contribution in [0, 0.1) is 30.6 Å². The fourth-order valence-corrected chi connectivity index (χ4v) is 5.54. The summed E-state index contributed by atoms with van der Waals surface area (Å²) in [6.07, 6.45) is 17.8. The average molecular weight is 327 g/mol. The number of aryl methyl sites for hydroxylation is 2. The van der Waals surface area contributed by atoms with Gasteiger partial charge in [-0.25, -0.2) is 0 Å². The van der Waals surface area contributed by atoms with Crippen molar-refractivity contribution in [2.45, 2.75) is 90.9 Å². The van der Waals surface area contributed by atoms with Gasteiger partial charge in [-0.3, -0.25) is 0 Å². The van der Waals surface area contributed by atoms with Crippen molar-refractivity contribution in [2.24, 2.45) is 23.7 Å². The van der Waals surface area contributed by atoms with Gasteiger partial charge in [0.2, 0.25) is 0 Å². The summed E-state index contributed by atoms with van der Waals surface area (Å²) < 4.78 is 0. The van der Waals surface area contributed by atoms with Crippen molar-refractivity contribution in [2.75, 3.05) is 0 Å². The summed E-state index contributed by atoms with van der Waals surface area (Å²) in [6.45, 7) is 4.56. The second-order valence-electron chi connectivity index (χ2n) is 8.88. The highest BCUT2D eigenvalue weighted by atomic mass is 14.4. The molecule has 0 bridgehead atoms. The molecule has 3 rings (SSSR count). The Balaban J connectivity index is 1.37. The standard InChI is InChI=1S/C24H38/c1-3-5-20-10-14-23(15-11-20)24-16-12-21(13-17-24)8-9-22-7-4-6-19(2)18-22/h4,6-7,18,20-21,23-24H,3,5,8-17H2,1-2H3. The molecule has 0 amide bonds. The lowest BCUT2D eigenvalue weighted by Gasteiger charge is -2.38. The molecule has 2 fully saturated rings. The molecule has 0 aromatic heterocycles. The molecule has 0 unspecified atom stereocenters. The third-order valence-corrected chi connectivity index (χ3v) is 7.07. The molecular weight excluding hydrogens is 288 g/mol. The van der Waals surface area contributed by atoms with Gasteiger partial charge in [0.15, 0.2) is 0 Å². The molecule has 0 spiro atoms. The normalized spacial score (nSPS) is 31.1. The van der Waals surface area contributed by atoms with Crippen LogP contribution in [0.3, 0.4) is 0 Å². The highest BCUT2D eigenvalue weighted by Gasteiger charge is 2.30. The van der Waals surface area contributed by atoms with E-state index in [1.54, 1.807) is 18.4 Å². The molecule has 134 valence electrons. The van der Waals surface area contributed by atoms with Crippen molar-refractivity contribution in [3.05, 3.63) is 35.4 Å². The molecule has 0 aliphatic heterocycles. The first-order valence-corrected chi connectivity index (χ1v) is 10.8. The Morgan fingerprint density at radius 2 is 1.38 bits per heavy atom. The summed E-state index contributed by atoms with van der Waals surface area (Å²) >= 11 is 0. The van der Waals surface area contributed by atoms with Crippen LogP contribution >= 0.6 is 0 Å². The number of rotatable bonds is 6. The summed E-state index contributed by atoms with van der Waals surface area (Å²) in [5.74, 6) is 4.22. The molecule has 0 radical (unpaired) electrons. The zero-order valence-corrected chi connectivity index (χ0v) is 16.1. The topological polar surface area (TPSA) is 0 Å². The van der Waals surface area contributed by atoms with Crippen molar-refractivity contribution in [3.8, 4) is 0 Å². The Morgan fingerprint density at radius 1 is 0.792 bits per heavy atom. The predicted octanol–water partition coefficient (Wildman–Crippen LogP) is 7.34. The van der Waals surface area contributed by atoms with Gasteiger partial charge in [0, 0.05) is 0 Å². The zero-order chi connectivity index (χ0) is 16.8. The first-order valence-electron chi connectivity index (χ1n) is 10.8. The molecule has 24 heavy (non-hydrogen) atoms. The van der Waals surface area contributed by atoms with Crippen LogP contribution in [0.1, 0.15) is 88.7 Å². The second kappa shape index (κ2) is 9.07. The van der Waals surface area contributed by atoms with E-state index < -0.39 is 0 Å². The van der Waals surface area contributed by atoms with Gasteiger partial charge >= 0.3 is 0 Å². The monoisotopic (exact) mass is 326 g/mol. The zero-order valence-electron chi connectivity index (χ0n) is 16.1. The third kappa shape index (κ3) is 5.11. The molecule has 0 saturated heterocycles. The molecule has 0 heteroatoms. The SMILES string of the molecule is CCCC1CCC(C2CCC(CCc3cccc(C)c3)CC2)CC1. The van der Waals surface area contributed by atoms with Crippen LogP contribution in [0.2, 0.25) is 0 Å². The van der Waals surface area contributed by atoms with E-state index in [4.69, 9.17) is 0 Å². The minimum atomic E-state index is 0.998. The van der Waals surface area contributed by atoms with Gasteiger partial charge in [-0.05, 0) is 74.7 Å². The largest absolute Gasteiger partial charge is 0.0654 e. The first kappa shape index (κ1) is 18.0. The van der Waals surface area contributed by atoms with Crippen molar-refractivity contribution < 1.29 is 0 Å². The molecule has 2 aliphatic rings.